The summed E-state index contributed by atoms with van der Waals surface area (Å²) in [5.74, 6) is -0.341. The van der Waals surface area contributed by atoms with Crippen LogP contribution in [0, 0.1) is 0 Å². The van der Waals surface area contributed by atoms with Gasteiger partial charge in [-0.25, -0.2) is 0 Å². The molecule has 1 aromatic carbocycles. The van der Waals surface area contributed by atoms with E-state index in [1.807, 2.05) is 0 Å². The van der Waals surface area contributed by atoms with Crippen molar-refractivity contribution in [3.8, 4) is 0 Å². The van der Waals surface area contributed by atoms with Crippen LogP contribution in [0.15, 0.2) is 24.3 Å². The molecule has 0 bridgehead atoms. The molecule has 0 aliphatic carbocycles. The number of halogens is 1. The molecule has 1 aromatic rings. The minimum absolute atomic E-state index is 0. The van der Waals surface area contributed by atoms with Crippen molar-refractivity contribution in [3.63, 3.8) is 0 Å². The summed E-state index contributed by atoms with van der Waals surface area (Å²) in [6.07, 6.45) is 3.60. The molecule has 1 saturated heterocycles. The van der Waals surface area contributed by atoms with Gasteiger partial charge in [-0.15, -0.1) is 12.4 Å². The number of carbonyl (C=O) groups excluding carboxylic acids is 2. The van der Waals surface area contributed by atoms with E-state index < -0.39 is 0 Å². The van der Waals surface area contributed by atoms with Crippen LogP contribution in [0.4, 0.5) is 5.69 Å². The highest BCUT2D eigenvalue weighted by atomic mass is 35.5. The van der Waals surface area contributed by atoms with Gasteiger partial charge >= 0.3 is 0 Å². The number of ether oxygens (including phenoxy) is 1. The monoisotopic (exact) mass is 355 g/mol. The number of hydrogen-bond acceptors (Lipinski definition) is 4. The number of rotatable bonds is 7. The van der Waals surface area contributed by atoms with E-state index in [1.165, 1.54) is 0 Å². The Bertz CT molecular complexity index is 554. The van der Waals surface area contributed by atoms with Crippen molar-refractivity contribution in [1.82, 2.24) is 5.32 Å². The van der Waals surface area contributed by atoms with E-state index in [-0.39, 0.29) is 36.4 Å². The van der Waals surface area contributed by atoms with Crippen molar-refractivity contribution in [2.75, 3.05) is 18.4 Å². The maximum absolute atomic E-state index is 12.1. The van der Waals surface area contributed by atoms with Gasteiger partial charge in [0.15, 0.2) is 0 Å². The molecule has 6 nitrogen and oxygen atoms in total. The molecule has 1 aliphatic rings. The SMILES string of the molecule is CC1CCC(CCC(=O)Nc2ccccc2C(=O)NCCN)O1.Cl. The Balaban J connectivity index is 0.00000288. The lowest BCUT2D eigenvalue weighted by Crippen LogP contribution is -2.30. The van der Waals surface area contributed by atoms with Crippen LogP contribution in [-0.4, -0.2) is 37.1 Å². The van der Waals surface area contributed by atoms with E-state index in [0.717, 1.165) is 12.8 Å². The second kappa shape index (κ2) is 10.3. The first-order valence-corrected chi connectivity index (χ1v) is 8.12. The highest BCUT2D eigenvalue weighted by molar-refractivity contribution is 6.03. The Kier molecular flexibility index (Phi) is 8.74. The summed E-state index contributed by atoms with van der Waals surface area (Å²) in [7, 11) is 0. The average molecular weight is 356 g/mol. The second-order valence-corrected chi connectivity index (χ2v) is 5.82. The molecule has 0 radical (unpaired) electrons. The Morgan fingerprint density at radius 1 is 1.29 bits per heavy atom. The summed E-state index contributed by atoms with van der Waals surface area (Å²) >= 11 is 0. The molecule has 0 saturated carbocycles. The van der Waals surface area contributed by atoms with Gasteiger partial charge in [-0.05, 0) is 38.3 Å². The van der Waals surface area contributed by atoms with Crippen LogP contribution in [-0.2, 0) is 9.53 Å². The van der Waals surface area contributed by atoms with Gasteiger partial charge in [0.1, 0.15) is 0 Å². The maximum Gasteiger partial charge on any atom is 0.253 e. The first kappa shape index (κ1) is 20.4. The van der Waals surface area contributed by atoms with Crippen LogP contribution in [0.1, 0.15) is 43.0 Å². The molecule has 134 valence electrons. The zero-order valence-corrected chi connectivity index (χ0v) is 14.7. The molecule has 1 aliphatic heterocycles. The Morgan fingerprint density at radius 3 is 2.71 bits per heavy atom. The minimum atomic E-state index is -0.237. The summed E-state index contributed by atoms with van der Waals surface area (Å²) in [5.41, 5.74) is 6.35. The first-order valence-electron chi connectivity index (χ1n) is 8.12. The highest BCUT2D eigenvalue weighted by Gasteiger charge is 2.22. The summed E-state index contributed by atoms with van der Waals surface area (Å²) in [4.78, 5) is 24.2. The van der Waals surface area contributed by atoms with Crippen molar-refractivity contribution in [2.45, 2.75) is 44.8 Å². The van der Waals surface area contributed by atoms with Crippen molar-refractivity contribution < 1.29 is 14.3 Å². The number of hydrogen-bond donors (Lipinski definition) is 3. The van der Waals surface area contributed by atoms with Gasteiger partial charge in [-0.2, -0.15) is 0 Å². The molecule has 7 heteroatoms. The summed E-state index contributed by atoms with van der Waals surface area (Å²) in [5, 5.41) is 5.53. The molecule has 1 fully saturated rings. The molecule has 4 N–H and O–H groups in total. The van der Waals surface area contributed by atoms with Gasteiger partial charge in [0.05, 0.1) is 23.5 Å². The number of carbonyl (C=O) groups is 2. The number of anilines is 1. The Labute approximate surface area is 148 Å². The number of nitrogens with two attached hydrogens (primary N) is 1. The zero-order chi connectivity index (χ0) is 16.7. The first-order chi connectivity index (χ1) is 11.1. The lowest BCUT2D eigenvalue weighted by atomic mass is 10.1. The zero-order valence-electron chi connectivity index (χ0n) is 13.9. The number of benzene rings is 1. The fourth-order valence-corrected chi connectivity index (χ4v) is 2.67. The van der Waals surface area contributed by atoms with Crippen LogP contribution in [0.2, 0.25) is 0 Å². The third kappa shape index (κ3) is 6.11. The molecule has 2 unspecified atom stereocenters. The van der Waals surface area contributed by atoms with Crippen molar-refractivity contribution in [3.05, 3.63) is 29.8 Å². The summed E-state index contributed by atoms with van der Waals surface area (Å²) in [6.45, 7) is 2.83. The second-order valence-electron chi connectivity index (χ2n) is 5.82. The predicted octanol–water partition coefficient (Wildman–Crippen LogP) is 2.08. The van der Waals surface area contributed by atoms with Crippen LogP contribution >= 0.6 is 12.4 Å². The van der Waals surface area contributed by atoms with E-state index in [2.05, 4.69) is 17.6 Å². The van der Waals surface area contributed by atoms with Crippen molar-refractivity contribution in [1.29, 1.82) is 0 Å². The van der Waals surface area contributed by atoms with Gasteiger partial charge in [0.25, 0.3) is 5.91 Å². The Hall–Kier alpha value is -1.63. The molecule has 24 heavy (non-hydrogen) atoms. The molecule has 2 rings (SSSR count). The normalized spacial score (nSPS) is 19.4. The van der Waals surface area contributed by atoms with Crippen LogP contribution in [0.3, 0.4) is 0 Å². The largest absolute Gasteiger partial charge is 0.375 e. The number of amides is 2. The number of para-hydroxylation sites is 1. The fraction of sp³-hybridized carbons (Fsp3) is 0.529. The summed E-state index contributed by atoms with van der Waals surface area (Å²) in [6, 6.07) is 6.96. The third-order valence-electron chi connectivity index (χ3n) is 3.89. The van der Waals surface area contributed by atoms with Gasteiger partial charge in [0, 0.05) is 19.5 Å². The van der Waals surface area contributed by atoms with Crippen LogP contribution in [0.25, 0.3) is 0 Å². The van der Waals surface area contributed by atoms with E-state index in [9.17, 15) is 9.59 Å². The topological polar surface area (TPSA) is 93.5 Å². The molecule has 2 atom stereocenters. The minimum Gasteiger partial charge on any atom is -0.375 e. The van der Waals surface area contributed by atoms with Crippen molar-refractivity contribution >= 4 is 29.9 Å². The van der Waals surface area contributed by atoms with E-state index >= 15 is 0 Å². The Morgan fingerprint density at radius 2 is 2.04 bits per heavy atom. The lowest BCUT2D eigenvalue weighted by Gasteiger charge is -2.13. The molecule has 0 aromatic heterocycles. The van der Waals surface area contributed by atoms with E-state index in [0.29, 0.717) is 37.2 Å². The van der Waals surface area contributed by atoms with Gasteiger partial charge in [0.2, 0.25) is 5.91 Å². The predicted molar refractivity (Wildman–Crippen MR) is 96.5 cm³/mol. The van der Waals surface area contributed by atoms with Crippen LogP contribution < -0.4 is 16.4 Å². The molecule has 2 amide bonds. The smallest absolute Gasteiger partial charge is 0.253 e. The molecular weight excluding hydrogens is 330 g/mol. The number of nitrogens with one attached hydrogen (secondary N) is 2. The average Bonchev–Trinajstić information content (AvgIpc) is 2.96. The standard InChI is InChI=1S/C17H25N3O3.ClH/c1-12-6-7-13(23-12)8-9-16(21)20-15-5-3-2-4-14(15)17(22)19-11-10-18;/h2-5,12-13H,6-11,18H2,1H3,(H,19,22)(H,20,21);1H. The molecule has 1 heterocycles. The third-order valence-corrected chi connectivity index (χ3v) is 3.89. The van der Waals surface area contributed by atoms with Gasteiger partial charge < -0.3 is 21.1 Å². The molecular formula is C17H26ClN3O3. The fourth-order valence-electron chi connectivity index (χ4n) is 2.67. The van der Waals surface area contributed by atoms with Gasteiger partial charge in [-0.3, -0.25) is 9.59 Å². The van der Waals surface area contributed by atoms with E-state index in [4.69, 9.17) is 10.5 Å². The quantitative estimate of drug-likeness (QED) is 0.698. The van der Waals surface area contributed by atoms with Gasteiger partial charge in [-0.1, -0.05) is 12.1 Å². The molecule has 0 spiro atoms. The summed E-state index contributed by atoms with van der Waals surface area (Å²) < 4.78 is 5.71. The highest BCUT2D eigenvalue weighted by Crippen LogP contribution is 2.23. The maximum atomic E-state index is 12.1. The van der Waals surface area contributed by atoms with Crippen LogP contribution in [0.5, 0.6) is 0 Å². The lowest BCUT2D eigenvalue weighted by molar-refractivity contribution is -0.116. The van der Waals surface area contributed by atoms with Crippen molar-refractivity contribution in [2.24, 2.45) is 5.73 Å². The van der Waals surface area contributed by atoms with E-state index in [1.54, 1.807) is 24.3 Å².